The van der Waals surface area contributed by atoms with Gasteiger partial charge in [-0.3, -0.25) is 0 Å². The lowest BCUT2D eigenvalue weighted by Gasteiger charge is -2.33. The highest BCUT2D eigenvalue weighted by atomic mass is 19.4. The fraction of sp³-hybridized carbons (Fsp3) is 0.538. The van der Waals surface area contributed by atoms with E-state index < -0.39 is 17.6 Å². The molecular weight excluding hydrogens is 260 g/mol. The Labute approximate surface area is 110 Å². The van der Waals surface area contributed by atoms with Crippen LogP contribution in [0.25, 0.3) is 0 Å². The number of nitrogens with zero attached hydrogens (tertiary/aromatic N) is 1. The van der Waals surface area contributed by atoms with E-state index in [1.54, 1.807) is 0 Å². The maximum absolute atomic E-state index is 13.6. The molecule has 0 bridgehead atoms. The van der Waals surface area contributed by atoms with E-state index in [1.807, 2.05) is 32.8 Å². The van der Waals surface area contributed by atoms with Crippen LogP contribution in [0.3, 0.4) is 0 Å². The molecule has 0 aliphatic carbocycles. The molecule has 19 heavy (non-hydrogen) atoms. The van der Waals surface area contributed by atoms with Gasteiger partial charge in [-0.2, -0.15) is 13.2 Å². The second-order valence-electron chi connectivity index (χ2n) is 5.25. The highest BCUT2D eigenvalue weighted by molar-refractivity contribution is 5.47. The van der Waals surface area contributed by atoms with E-state index in [2.05, 4.69) is 5.32 Å². The average Bonchev–Trinajstić information content (AvgIpc) is 2.25. The molecule has 2 nitrogen and oxygen atoms in total. The second kappa shape index (κ2) is 5.36. The van der Waals surface area contributed by atoms with Gasteiger partial charge in [0, 0.05) is 12.1 Å². The van der Waals surface area contributed by atoms with Gasteiger partial charge in [-0.05, 0) is 46.1 Å². The van der Waals surface area contributed by atoms with E-state index in [4.69, 9.17) is 0 Å². The van der Waals surface area contributed by atoms with Gasteiger partial charge in [0.15, 0.2) is 0 Å². The predicted molar refractivity (Wildman–Crippen MR) is 67.7 cm³/mol. The molecule has 1 rings (SSSR count). The number of benzene rings is 1. The van der Waals surface area contributed by atoms with E-state index in [1.165, 1.54) is 0 Å². The van der Waals surface area contributed by atoms with Crippen LogP contribution in [-0.4, -0.2) is 31.1 Å². The van der Waals surface area contributed by atoms with Crippen molar-refractivity contribution in [1.82, 2.24) is 4.90 Å². The Kier molecular flexibility index (Phi) is 4.45. The molecule has 0 unspecified atom stereocenters. The van der Waals surface area contributed by atoms with Gasteiger partial charge in [0.05, 0.1) is 11.3 Å². The molecule has 0 spiro atoms. The Hall–Kier alpha value is -1.30. The normalized spacial score (nSPS) is 12.9. The van der Waals surface area contributed by atoms with Crippen LogP contribution in [0.4, 0.5) is 23.2 Å². The molecule has 108 valence electrons. The van der Waals surface area contributed by atoms with Crippen molar-refractivity contribution in [3.63, 3.8) is 0 Å². The minimum absolute atomic E-state index is 0.0722. The van der Waals surface area contributed by atoms with Crippen LogP contribution < -0.4 is 5.32 Å². The minimum atomic E-state index is -4.53. The Morgan fingerprint density at radius 2 is 1.74 bits per heavy atom. The summed E-state index contributed by atoms with van der Waals surface area (Å²) in [6, 6.07) is 2.49. The van der Waals surface area contributed by atoms with Gasteiger partial charge in [-0.15, -0.1) is 0 Å². The van der Waals surface area contributed by atoms with Gasteiger partial charge < -0.3 is 10.2 Å². The summed E-state index contributed by atoms with van der Waals surface area (Å²) < 4.78 is 50.7. The Morgan fingerprint density at radius 3 is 2.16 bits per heavy atom. The SMILES string of the molecule is CN(C)C(C)(C)CNc1ccc(C(F)(F)F)cc1F. The van der Waals surface area contributed by atoms with Gasteiger partial charge in [0.2, 0.25) is 0 Å². The van der Waals surface area contributed by atoms with Gasteiger partial charge in [0.1, 0.15) is 5.82 Å². The maximum atomic E-state index is 13.6. The van der Waals surface area contributed by atoms with E-state index in [-0.39, 0.29) is 11.2 Å². The Bertz CT molecular complexity index is 439. The largest absolute Gasteiger partial charge is 0.416 e. The predicted octanol–water partition coefficient (Wildman–Crippen LogP) is 3.60. The number of likely N-dealkylation sites (N-methyl/N-ethyl adjacent to an activating group) is 1. The molecule has 0 saturated heterocycles. The first-order valence-electron chi connectivity index (χ1n) is 5.82. The second-order valence-corrected chi connectivity index (χ2v) is 5.25. The summed E-state index contributed by atoms with van der Waals surface area (Å²) in [6.45, 7) is 4.31. The highest BCUT2D eigenvalue weighted by Gasteiger charge is 2.31. The van der Waals surface area contributed by atoms with Crippen molar-refractivity contribution in [3.8, 4) is 0 Å². The summed E-state index contributed by atoms with van der Waals surface area (Å²) in [6.07, 6.45) is -4.53. The maximum Gasteiger partial charge on any atom is 0.416 e. The molecule has 0 aliphatic rings. The number of nitrogens with one attached hydrogen (secondary N) is 1. The van der Waals surface area contributed by atoms with E-state index in [0.717, 1.165) is 12.1 Å². The summed E-state index contributed by atoms with van der Waals surface area (Å²) >= 11 is 0. The molecule has 6 heteroatoms. The molecule has 1 aromatic carbocycles. The fourth-order valence-electron chi connectivity index (χ4n) is 1.30. The monoisotopic (exact) mass is 278 g/mol. The number of rotatable bonds is 4. The van der Waals surface area contributed by atoms with Gasteiger partial charge >= 0.3 is 6.18 Å². The van der Waals surface area contributed by atoms with Crippen molar-refractivity contribution in [1.29, 1.82) is 0 Å². The van der Waals surface area contributed by atoms with Crippen molar-refractivity contribution in [2.24, 2.45) is 0 Å². The molecule has 0 aromatic heterocycles. The number of anilines is 1. The molecule has 0 fully saturated rings. The zero-order chi connectivity index (χ0) is 14.8. The molecule has 1 N–H and O–H groups in total. The summed E-state index contributed by atoms with van der Waals surface area (Å²) in [5.74, 6) is -0.899. The minimum Gasteiger partial charge on any atom is -0.381 e. The molecule has 0 amide bonds. The van der Waals surface area contributed by atoms with Gasteiger partial charge in [0.25, 0.3) is 0 Å². The first-order chi connectivity index (χ1) is 8.54. The lowest BCUT2D eigenvalue weighted by Crippen LogP contribution is -2.44. The van der Waals surface area contributed by atoms with Crippen molar-refractivity contribution in [2.45, 2.75) is 25.6 Å². The van der Waals surface area contributed by atoms with Crippen molar-refractivity contribution >= 4 is 5.69 Å². The van der Waals surface area contributed by atoms with Crippen LogP contribution >= 0.6 is 0 Å². The third-order valence-electron chi connectivity index (χ3n) is 3.22. The first kappa shape index (κ1) is 15.8. The number of halogens is 4. The van der Waals surface area contributed by atoms with Gasteiger partial charge in [-0.1, -0.05) is 0 Å². The molecule has 0 radical (unpaired) electrons. The smallest absolute Gasteiger partial charge is 0.381 e. The third-order valence-corrected chi connectivity index (χ3v) is 3.22. The Morgan fingerprint density at radius 1 is 1.16 bits per heavy atom. The summed E-state index contributed by atoms with van der Waals surface area (Å²) in [5.41, 5.74) is -1.15. The molecule has 0 atom stereocenters. The first-order valence-corrected chi connectivity index (χ1v) is 5.82. The molecular formula is C13H18F4N2. The van der Waals surface area contributed by atoms with Crippen LogP contribution in [0, 0.1) is 5.82 Å². The number of hydrogen-bond donors (Lipinski definition) is 1. The van der Waals surface area contributed by atoms with Crippen LogP contribution in [0.5, 0.6) is 0 Å². The summed E-state index contributed by atoms with van der Waals surface area (Å²) in [4.78, 5) is 1.95. The summed E-state index contributed by atoms with van der Waals surface area (Å²) in [7, 11) is 3.76. The summed E-state index contributed by atoms with van der Waals surface area (Å²) in [5, 5.41) is 2.83. The molecule has 1 aromatic rings. The van der Waals surface area contributed by atoms with Crippen molar-refractivity contribution in [2.75, 3.05) is 26.0 Å². The van der Waals surface area contributed by atoms with E-state index in [0.29, 0.717) is 12.6 Å². The fourth-order valence-corrected chi connectivity index (χ4v) is 1.30. The molecule has 0 aliphatic heterocycles. The van der Waals surface area contributed by atoms with Crippen LogP contribution in [0.2, 0.25) is 0 Å². The van der Waals surface area contributed by atoms with E-state index >= 15 is 0 Å². The highest BCUT2D eigenvalue weighted by Crippen LogP contribution is 2.31. The van der Waals surface area contributed by atoms with Crippen molar-refractivity contribution in [3.05, 3.63) is 29.6 Å². The zero-order valence-electron chi connectivity index (χ0n) is 11.4. The lowest BCUT2D eigenvalue weighted by molar-refractivity contribution is -0.137. The standard InChI is InChI=1S/C13H18F4N2/c1-12(2,19(3)4)8-18-11-6-5-9(7-10(11)14)13(15,16)17/h5-7,18H,8H2,1-4H3. The topological polar surface area (TPSA) is 15.3 Å². The van der Waals surface area contributed by atoms with Crippen molar-refractivity contribution < 1.29 is 17.6 Å². The van der Waals surface area contributed by atoms with Crippen LogP contribution in [-0.2, 0) is 6.18 Å². The average molecular weight is 278 g/mol. The van der Waals surface area contributed by atoms with E-state index in [9.17, 15) is 17.6 Å². The lowest BCUT2D eigenvalue weighted by atomic mass is 10.0. The number of hydrogen-bond acceptors (Lipinski definition) is 2. The quantitative estimate of drug-likeness (QED) is 0.847. The molecule has 0 heterocycles. The van der Waals surface area contributed by atoms with Crippen LogP contribution in [0.15, 0.2) is 18.2 Å². The number of alkyl halides is 3. The molecule has 0 saturated carbocycles. The van der Waals surface area contributed by atoms with Gasteiger partial charge in [-0.25, -0.2) is 4.39 Å². The zero-order valence-corrected chi connectivity index (χ0v) is 11.4. The third kappa shape index (κ3) is 4.09. The van der Waals surface area contributed by atoms with Crippen LogP contribution in [0.1, 0.15) is 19.4 Å². The Balaban J connectivity index is 2.82.